The maximum absolute atomic E-state index is 10.3. The van der Waals surface area contributed by atoms with Crippen molar-refractivity contribution in [3.8, 4) is 0 Å². The van der Waals surface area contributed by atoms with Gasteiger partial charge in [0.1, 0.15) is 0 Å². The minimum Gasteiger partial charge on any atom is -0.324 e. The molecule has 0 saturated carbocycles. The van der Waals surface area contributed by atoms with Crippen LogP contribution in [0, 0.1) is 0 Å². The molecular formula is C4H14N2O6P2. The molecule has 0 aliphatic rings. The van der Waals surface area contributed by atoms with Crippen molar-refractivity contribution < 1.29 is 28.7 Å². The zero-order valence-electron chi connectivity index (χ0n) is 7.33. The van der Waals surface area contributed by atoms with E-state index in [1.54, 1.807) is 0 Å². The summed E-state index contributed by atoms with van der Waals surface area (Å²) in [5.41, 5.74) is 0. The van der Waals surface area contributed by atoms with E-state index in [1.165, 1.54) is 0 Å². The Kier molecular flexibility index (Phi) is 6.04. The van der Waals surface area contributed by atoms with Crippen molar-refractivity contribution in [1.82, 2.24) is 10.6 Å². The van der Waals surface area contributed by atoms with Crippen LogP contribution in [-0.2, 0) is 9.13 Å². The van der Waals surface area contributed by atoms with E-state index in [-0.39, 0.29) is 13.1 Å². The second-order valence-electron chi connectivity index (χ2n) is 2.65. The van der Waals surface area contributed by atoms with Crippen LogP contribution in [0.25, 0.3) is 0 Å². The first-order chi connectivity index (χ1) is 6.21. The fraction of sp³-hybridized carbons (Fsp3) is 1.00. The Hall–Kier alpha value is 0.220. The van der Waals surface area contributed by atoms with Gasteiger partial charge in [0.25, 0.3) is 0 Å². The molecule has 10 heteroatoms. The fourth-order valence-electron chi connectivity index (χ4n) is 0.626. The molecule has 0 unspecified atom stereocenters. The molecule has 0 bridgehead atoms. The van der Waals surface area contributed by atoms with Crippen molar-refractivity contribution in [2.45, 2.75) is 0 Å². The first-order valence-corrected chi connectivity index (χ1v) is 7.31. The van der Waals surface area contributed by atoms with Crippen LogP contribution in [0.3, 0.4) is 0 Å². The van der Waals surface area contributed by atoms with Gasteiger partial charge in [-0.2, -0.15) is 0 Å². The summed E-state index contributed by atoms with van der Waals surface area (Å²) in [7, 11) is -8.08. The van der Waals surface area contributed by atoms with Gasteiger partial charge < -0.3 is 30.2 Å². The number of rotatable bonds is 7. The maximum atomic E-state index is 10.3. The largest absolute Gasteiger partial charge is 0.339 e. The van der Waals surface area contributed by atoms with Crippen molar-refractivity contribution in [1.29, 1.82) is 0 Å². The Balaban J connectivity index is 3.32. The van der Waals surface area contributed by atoms with Gasteiger partial charge in [-0.3, -0.25) is 9.13 Å². The monoisotopic (exact) mass is 248 g/mol. The molecule has 0 amide bonds. The predicted molar refractivity (Wildman–Crippen MR) is 49.8 cm³/mol. The second kappa shape index (κ2) is 5.95. The van der Waals surface area contributed by atoms with Gasteiger partial charge in [0.05, 0.1) is 12.6 Å². The normalized spacial score (nSPS) is 13.1. The van der Waals surface area contributed by atoms with E-state index in [1.807, 2.05) is 0 Å². The molecule has 0 radical (unpaired) electrons. The van der Waals surface area contributed by atoms with Crippen LogP contribution in [0.1, 0.15) is 0 Å². The van der Waals surface area contributed by atoms with Crippen molar-refractivity contribution in [3.63, 3.8) is 0 Å². The van der Waals surface area contributed by atoms with Crippen LogP contribution in [0.4, 0.5) is 0 Å². The van der Waals surface area contributed by atoms with E-state index in [0.29, 0.717) is 0 Å². The van der Waals surface area contributed by atoms with Crippen molar-refractivity contribution in [2.24, 2.45) is 0 Å². The number of nitrogens with one attached hydrogen (secondary N) is 2. The first-order valence-electron chi connectivity index (χ1n) is 3.71. The Labute approximate surface area is 81.0 Å². The van der Waals surface area contributed by atoms with Crippen LogP contribution < -0.4 is 10.6 Å². The lowest BCUT2D eigenvalue weighted by molar-refractivity contribution is 0.363. The summed E-state index contributed by atoms with van der Waals surface area (Å²) < 4.78 is 20.6. The molecule has 0 aromatic rings. The molecule has 0 aliphatic carbocycles. The highest BCUT2D eigenvalue weighted by Crippen LogP contribution is 2.32. The molecular weight excluding hydrogens is 234 g/mol. The number of hydrogen-bond acceptors (Lipinski definition) is 4. The van der Waals surface area contributed by atoms with E-state index < -0.39 is 27.8 Å². The zero-order valence-corrected chi connectivity index (χ0v) is 9.12. The molecule has 0 saturated heterocycles. The Bertz CT molecular complexity index is 220. The second-order valence-corrected chi connectivity index (χ2v) is 5.94. The fourth-order valence-corrected chi connectivity index (χ4v) is 1.52. The first kappa shape index (κ1) is 14.2. The van der Waals surface area contributed by atoms with Crippen molar-refractivity contribution in [2.75, 3.05) is 25.7 Å². The van der Waals surface area contributed by atoms with E-state index >= 15 is 0 Å². The molecule has 0 fully saturated rings. The average Bonchev–Trinajstić information content (AvgIpc) is 1.92. The molecule has 0 spiro atoms. The maximum Gasteiger partial charge on any atom is 0.339 e. The summed E-state index contributed by atoms with van der Waals surface area (Å²) in [6.45, 7) is 0.455. The van der Waals surface area contributed by atoms with Gasteiger partial charge in [0.2, 0.25) is 0 Å². The summed E-state index contributed by atoms with van der Waals surface area (Å²) in [6.07, 6.45) is -0.880. The average molecular weight is 248 g/mol. The van der Waals surface area contributed by atoms with E-state index in [0.717, 1.165) is 0 Å². The highest BCUT2D eigenvalue weighted by molar-refractivity contribution is 7.51. The molecule has 86 valence electrons. The molecule has 0 rings (SSSR count). The summed E-state index contributed by atoms with van der Waals surface area (Å²) in [6, 6.07) is 0. The van der Waals surface area contributed by atoms with Crippen LogP contribution >= 0.6 is 15.2 Å². The lowest BCUT2D eigenvalue weighted by Crippen LogP contribution is -2.28. The van der Waals surface area contributed by atoms with E-state index in [4.69, 9.17) is 19.6 Å². The van der Waals surface area contributed by atoms with Gasteiger partial charge in [-0.15, -0.1) is 0 Å². The smallest absolute Gasteiger partial charge is 0.324 e. The van der Waals surface area contributed by atoms with Crippen molar-refractivity contribution in [3.05, 3.63) is 0 Å². The lowest BCUT2D eigenvalue weighted by atomic mass is 10.6. The molecule has 0 atom stereocenters. The standard InChI is InChI=1S/C4H14N2O6P2/c7-13(8,9)3-5-1-2-6-4-14(10,11)12/h5-6H,1-4H2,(H2,7,8,9)(H2,10,11,12). The van der Waals surface area contributed by atoms with Crippen molar-refractivity contribution >= 4 is 15.2 Å². The van der Waals surface area contributed by atoms with Gasteiger partial charge in [-0.25, -0.2) is 0 Å². The minimum atomic E-state index is -4.04. The Morgan fingerprint density at radius 1 is 0.786 bits per heavy atom. The molecule has 14 heavy (non-hydrogen) atoms. The summed E-state index contributed by atoms with van der Waals surface area (Å²) in [5.74, 6) is 0. The van der Waals surface area contributed by atoms with Crippen LogP contribution in [0.2, 0.25) is 0 Å². The topological polar surface area (TPSA) is 139 Å². The van der Waals surface area contributed by atoms with Gasteiger partial charge >= 0.3 is 15.2 Å². The number of hydrogen-bond donors (Lipinski definition) is 6. The molecule has 0 aromatic heterocycles. The third kappa shape index (κ3) is 12.2. The van der Waals surface area contributed by atoms with Gasteiger partial charge in [0.15, 0.2) is 0 Å². The third-order valence-electron chi connectivity index (χ3n) is 1.11. The van der Waals surface area contributed by atoms with Gasteiger partial charge in [0, 0.05) is 13.1 Å². The highest BCUT2D eigenvalue weighted by atomic mass is 31.2. The van der Waals surface area contributed by atoms with E-state index in [9.17, 15) is 9.13 Å². The van der Waals surface area contributed by atoms with Crippen LogP contribution in [0.5, 0.6) is 0 Å². The Morgan fingerprint density at radius 3 is 1.29 bits per heavy atom. The Morgan fingerprint density at radius 2 is 1.07 bits per heavy atom. The summed E-state index contributed by atoms with van der Waals surface area (Å²) in [5, 5.41) is 4.87. The lowest BCUT2D eigenvalue weighted by Gasteiger charge is -2.08. The molecule has 8 nitrogen and oxygen atoms in total. The SMILES string of the molecule is O=P(O)(O)CNCCNCP(=O)(O)O. The van der Waals surface area contributed by atoms with Gasteiger partial charge in [-0.1, -0.05) is 0 Å². The third-order valence-corrected chi connectivity index (χ3v) is 2.39. The molecule has 0 heterocycles. The van der Waals surface area contributed by atoms with Crippen LogP contribution in [-0.4, -0.2) is 45.2 Å². The van der Waals surface area contributed by atoms with Crippen LogP contribution in [0.15, 0.2) is 0 Å². The molecule has 0 aliphatic heterocycles. The zero-order chi connectivity index (χ0) is 11.2. The predicted octanol–water partition coefficient (Wildman–Crippen LogP) is -1.56. The van der Waals surface area contributed by atoms with Gasteiger partial charge in [-0.05, 0) is 0 Å². The quantitative estimate of drug-likeness (QED) is 0.235. The van der Waals surface area contributed by atoms with E-state index in [2.05, 4.69) is 10.6 Å². The minimum absolute atomic E-state index is 0.227. The molecule has 6 N–H and O–H groups in total. The summed E-state index contributed by atoms with van der Waals surface area (Å²) >= 11 is 0. The highest BCUT2D eigenvalue weighted by Gasteiger charge is 2.12. The summed E-state index contributed by atoms with van der Waals surface area (Å²) in [4.78, 5) is 33.6. The molecule has 0 aromatic carbocycles.